The maximum Gasteiger partial charge on any atom is 0.309 e. The van der Waals surface area contributed by atoms with Crippen LogP contribution in [0.3, 0.4) is 0 Å². The van der Waals surface area contributed by atoms with Crippen molar-refractivity contribution in [3.63, 3.8) is 0 Å². The number of hydrogen-bond donors (Lipinski definition) is 0. The molecular weight excluding hydrogens is 192 g/mol. The number of carbonyl (C=O) groups is 1. The fraction of sp³-hybridized carbons (Fsp3) is 0.750. The van der Waals surface area contributed by atoms with Gasteiger partial charge in [0.05, 0.1) is 18.1 Å². The molecule has 2 saturated carbocycles. The number of hydrogen-bond acceptors (Lipinski definition) is 3. The minimum Gasteiger partial charge on any atom is -0.461 e. The summed E-state index contributed by atoms with van der Waals surface area (Å²) in [4.78, 5) is 11.8. The summed E-state index contributed by atoms with van der Waals surface area (Å²) in [5.41, 5.74) is 0. The van der Waals surface area contributed by atoms with Gasteiger partial charge in [0.25, 0.3) is 0 Å². The number of carbonyl (C=O) groups excluding carboxylic acids is 1. The van der Waals surface area contributed by atoms with Crippen molar-refractivity contribution in [3.8, 4) is 0 Å². The van der Waals surface area contributed by atoms with Crippen molar-refractivity contribution in [2.24, 2.45) is 17.8 Å². The molecule has 3 rings (SSSR count). The number of allylic oxidation sites excluding steroid dienone is 1. The van der Waals surface area contributed by atoms with E-state index in [4.69, 9.17) is 9.47 Å². The predicted octanol–water partition coefficient (Wildman–Crippen LogP) is 1.53. The van der Waals surface area contributed by atoms with Crippen LogP contribution in [0, 0.1) is 17.8 Å². The molecule has 0 aromatic heterocycles. The number of rotatable bonds is 3. The van der Waals surface area contributed by atoms with E-state index in [1.54, 1.807) is 0 Å². The van der Waals surface area contributed by atoms with Crippen LogP contribution < -0.4 is 0 Å². The molecule has 0 radical (unpaired) electrons. The Morgan fingerprint density at radius 3 is 3.00 bits per heavy atom. The van der Waals surface area contributed by atoms with Gasteiger partial charge in [0.1, 0.15) is 6.61 Å². The van der Waals surface area contributed by atoms with Crippen LogP contribution in [0.2, 0.25) is 0 Å². The molecule has 3 fully saturated rings. The molecule has 0 aromatic carbocycles. The SMILES string of the molecule is CC=CCOC(=O)C1CC2CC1C1OC21. The lowest BCUT2D eigenvalue weighted by Gasteiger charge is -2.17. The molecule has 1 aliphatic heterocycles. The van der Waals surface area contributed by atoms with Crippen LogP contribution in [0.15, 0.2) is 12.2 Å². The highest BCUT2D eigenvalue weighted by molar-refractivity contribution is 5.74. The van der Waals surface area contributed by atoms with Gasteiger partial charge in [0, 0.05) is 5.92 Å². The van der Waals surface area contributed by atoms with Gasteiger partial charge in [-0.25, -0.2) is 0 Å². The zero-order valence-corrected chi connectivity index (χ0v) is 8.89. The molecule has 3 nitrogen and oxygen atoms in total. The highest BCUT2D eigenvalue weighted by Gasteiger charge is 2.64. The topological polar surface area (TPSA) is 38.8 Å². The van der Waals surface area contributed by atoms with Gasteiger partial charge < -0.3 is 9.47 Å². The molecule has 5 atom stereocenters. The second kappa shape index (κ2) is 3.34. The average molecular weight is 208 g/mol. The Morgan fingerprint density at radius 2 is 2.33 bits per heavy atom. The Bertz CT molecular complexity index is 310. The zero-order valence-electron chi connectivity index (χ0n) is 8.89. The van der Waals surface area contributed by atoms with E-state index < -0.39 is 0 Å². The van der Waals surface area contributed by atoms with Gasteiger partial charge in [-0.3, -0.25) is 4.79 Å². The number of esters is 1. The van der Waals surface area contributed by atoms with Gasteiger partial charge in [-0.05, 0) is 25.7 Å². The van der Waals surface area contributed by atoms with E-state index in [0.717, 1.165) is 6.42 Å². The lowest BCUT2D eigenvalue weighted by atomic mass is 9.89. The molecule has 3 aliphatic rings. The van der Waals surface area contributed by atoms with Crippen LogP contribution in [0.1, 0.15) is 19.8 Å². The number of ether oxygens (including phenoxy) is 2. The molecule has 0 N–H and O–H groups in total. The van der Waals surface area contributed by atoms with E-state index in [2.05, 4.69) is 0 Å². The third-order valence-corrected chi connectivity index (χ3v) is 3.96. The number of fused-ring (bicyclic) bond motifs is 5. The molecule has 5 unspecified atom stereocenters. The first-order valence-electron chi connectivity index (χ1n) is 5.74. The van der Waals surface area contributed by atoms with Crippen LogP contribution in [-0.4, -0.2) is 24.8 Å². The second-order valence-corrected chi connectivity index (χ2v) is 4.77. The van der Waals surface area contributed by atoms with E-state index in [-0.39, 0.29) is 11.9 Å². The van der Waals surface area contributed by atoms with Crippen molar-refractivity contribution in [2.45, 2.75) is 32.0 Å². The maximum absolute atomic E-state index is 11.8. The van der Waals surface area contributed by atoms with E-state index in [1.807, 2.05) is 19.1 Å². The molecule has 0 amide bonds. The molecule has 15 heavy (non-hydrogen) atoms. The Kier molecular flexibility index (Phi) is 2.09. The molecule has 2 bridgehead atoms. The number of epoxide rings is 1. The molecule has 2 aliphatic carbocycles. The minimum absolute atomic E-state index is 0.0189. The summed E-state index contributed by atoms with van der Waals surface area (Å²) in [6, 6.07) is 0. The van der Waals surface area contributed by atoms with E-state index in [1.165, 1.54) is 6.42 Å². The van der Waals surface area contributed by atoms with Crippen LogP contribution in [0.5, 0.6) is 0 Å². The summed E-state index contributed by atoms with van der Waals surface area (Å²) in [7, 11) is 0. The average Bonchev–Trinajstić information content (AvgIpc) is 2.84. The molecule has 3 heteroatoms. The highest BCUT2D eigenvalue weighted by Crippen LogP contribution is 2.58. The smallest absolute Gasteiger partial charge is 0.309 e. The van der Waals surface area contributed by atoms with Crippen LogP contribution in [0.25, 0.3) is 0 Å². The van der Waals surface area contributed by atoms with Gasteiger partial charge >= 0.3 is 5.97 Å². The standard InChI is InChI=1S/C12H16O3/c1-2-3-4-14-12(13)9-6-7-5-8(9)11-10(7)15-11/h2-3,7-11H,4-6H2,1H3. The maximum atomic E-state index is 11.8. The van der Waals surface area contributed by atoms with Gasteiger partial charge in [0.15, 0.2) is 0 Å². The first-order chi connectivity index (χ1) is 7.31. The van der Waals surface area contributed by atoms with E-state index in [9.17, 15) is 4.79 Å². The summed E-state index contributed by atoms with van der Waals surface area (Å²) >= 11 is 0. The summed E-state index contributed by atoms with van der Waals surface area (Å²) in [5.74, 6) is 1.19. The molecule has 0 spiro atoms. The monoisotopic (exact) mass is 208 g/mol. The first-order valence-corrected chi connectivity index (χ1v) is 5.74. The second-order valence-electron chi connectivity index (χ2n) is 4.77. The van der Waals surface area contributed by atoms with Crippen LogP contribution in [0.4, 0.5) is 0 Å². The van der Waals surface area contributed by atoms with Gasteiger partial charge in [0.2, 0.25) is 0 Å². The van der Waals surface area contributed by atoms with Crippen LogP contribution in [-0.2, 0) is 14.3 Å². The third kappa shape index (κ3) is 1.41. The summed E-state index contributed by atoms with van der Waals surface area (Å²) in [6.07, 6.45) is 6.81. The molecule has 82 valence electrons. The molecule has 0 aromatic rings. The van der Waals surface area contributed by atoms with Crippen molar-refractivity contribution >= 4 is 5.97 Å². The van der Waals surface area contributed by atoms with Gasteiger partial charge in [-0.1, -0.05) is 12.2 Å². The van der Waals surface area contributed by atoms with Crippen molar-refractivity contribution in [2.75, 3.05) is 6.61 Å². The van der Waals surface area contributed by atoms with Gasteiger partial charge in [-0.15, -0.1) is 0 Å². The Morgan fingerprint density at radius 1 is 1.47 bits per heavy atom. The molecular formula is C12H16O3. The van der Waals surface area contributed by atoms with Crippen molar-refractivity contribution < 1.29 is 14.3 Å². The summed E-state index contributed by atoms with van der Waals surface area (Å²) < 4.78 is 10.7. The predicted molar refractivity (Wildman–Crippen MR) is 54.1 cm³/mol. The quantitative estimate of drug-likeness (QED) is 0.401. The van der Waals surface area contributed by atoms with Crippen molar-refractivity contribution in [1.29, 1.82) is 0 Å². The lowest BCUT2D eigenvalue weighted by Crippen LogP contribution is -2.27. The van der Waals surface area contributed by atoms with E-state index in [0.29, 0.717) is 30.7 Å². The fourth-order valence-electron chi connectivity index (χ4n) is 3.21. The van der Waals surface area contributed by atoms with E-state index >= 15 is 0 Å². The summed E-state index contributed by atoms with van der Waals surface area (Å²) in [5, 5.41) is 0. The zero-order chi connectivity index (χ0) is 10.4. The van der Waals surface area contributed by atoms with Crippen LogP contribution >= 0.6 is 0 Å². The summed E-state index contributed by atoms with van der Waals surface area (Å²) in [6.45, 7) is 2.34. The molecule has 1 heterocycles. The Labute approximate surface area is 89.4 Å². The Balaban J connectivity index is 1.57. The minimum atomic E-state index is -0.0189. The largest absolute Gasteiger partial charge is 0.461 e. The normalized spacial score (nSPS) is 45.8. The highest BCUT2D eigenvalue weighted by atomic mass is 16.6. The van der Waals surface area contributed by atoms with Crippen molar-refractivity contribution in [1.82, 2.24) is 0 Å². The first kappa shape index (κ1) is 9.40. The molecule has 1 saturated heterocycles. The lowest BCUT2D eigenvalue weighted by molar-refractivity contribution is -0.149. The van der Waals surface area contributed by atoms with Crippen molar-refractivity contribution in [3.05, 3.63) is 12.2 Å². The Hall–Kier alpha value is -0.830. The van der Waals surface area contributed by atoms with Gasteiger partial charge in [-0.2, -0.15) is 0 Å². The fourth-order valence-corrected chi connectivity index (χ4v) is 3.21. The third-order valence-electron chi connectivity index (χ3n) is 3.96.